The van der Waals surface area contributed by atoms with Gasteiger partial charge < -0.3 is 0 Å². The third kappa shape index (κ3) is 2.87. The van der Waals surface area contributed by atoms with Crippen LogP contribution in [0.2, 0.25) is 0 Å². The van der Waals surface area contributed by atoms with Gasteiger partial charge in [-0.3, -0.25) is 4.99 Å². The van der Waals surface area contributed by atoms with Crippen LogP contribution < -0.4 is 0 Å². The normalized spacial score (nSPS) is 14.1. The van der Waals surface area contributed by atoms with Gasteiger partial charge in [0.2, 0.25) is 9.84 Å². The van der Waals surface area contributed by atoms with Gasteiger partial charge in [-0.1, -0.05) is 18.2 Å². The molecule has 1 atom stereocenters. The fourth-order valence-electron chi connectivity index (χ4n) is 1.32. The molecule has 1 aromatic carbocycles. The first-order valence-corrected chi connectivity index (χ1v) is 7.54. The summed E-state index contributed by atoms with van der Waals surface area (Å²) in [4.78, 5) is 3.99. The third-order valence-electron chi connectivity index (χ3n) is 2.15. The van der Waals surface area contributed by atoms with Crippen molar-refractivity contribution in [1.29, 1.82) is 5.26 Å². The molecule has 0 aromatic heterocycles. The standard InChI is InChI=1S/C11H12N2O2S2/c1-13-11(16-2)10(8-12)17(14,15)9-6-4-3-5-7-9/h3-7,10H,1-2H3. The van der Waals surface area contributed by atoms with Gasteiger partial charge in [0.1, 0.15) is 0 Å². The molecular weight excluding hydrogens is 256 g/mol. The fraction of sp³-hybridized carbons (Fsp3) is 0.273. The smallest absolute Gasteiger partial charge is 0.200 e. The van der Waals surface area contributed by atoms with E-state index in [0.29, 0.717) is 5.04 Å². The number of hydrogen-bond donors (Lipinski definition) is 0. The Morgan fingerprint density at radius 1 is 1.41 bits per heavy atom. The third-order valence-corrected chi connectivity index (χ3v) is 5.02. The molecule has 0 spiro atoms. The van der Waals surface area contributed by atoms with E-state index in [2.05, 4.69) is 4.99 Å². The summed E-state index contributed by atoms with van der Waals surface area (Å²) in [5, 5.41) is 8.10. The second-order valence-corrected chi connectivity index (χ2v) is 5.99. The Hall–Kier alpha value is -1.32. The average molecular weight is 268 g/mol. The molecule has 0 heterocycles. The summed E-state index contributed by atoms with van der Waals surface area (Å²) in [5.41, 5.74) is 0. The van der Waals surface area contributed by atoms with Crippen molar-refractivity contribution in [1.82, 2.24) is 0 Å². The number of nitriles is 1. The molecule has 0 fully saturated rings. The number of rotatable bonds is 3. The van der Waals surface area contributed by atoms with Crippen LogP contribution >= 0.6 is 11.8 Å². The van der Waals surface area contributed by atoms with E-state index in [1.54, 1.807) is 30.5 Å². The molecule has 0 bridgehead atoms. The molecule has 0 saturated carbocycles. The van der Waals surface area contributed by atoms with Gasteiger partial charge in [0, 0.05) is 7.05 Å². The quantitative estimate of drug-likeness (QED) is 0.618. The van der Waals surface area contributed by atoms with E-state index in [0.717, 1.165) is 0 Å². The second kappa shape index (κ2) is 5.84. The molecule has 1 aromatic rings. The summed E-state index contributed by atoms with van der Waals surface area (Å²) in [5.74, 6) is 0. The van der Waals surface area contributed by atoms with Crippen LogP contribution in [0.5, 0.6) is 0 Å². The highest BCUT2D eigenvalue weighted by atomic mass is 32.2. The van der Waals surface area contributed by atoms with Gasteiger partial charge in [-0.25, -0.2) is 8.42 Å². The molecule has 1 unspecified atom stereocenters. The molecule has 0 aliphatic rings. The lowest BCUT2D eigenvalue weighted by atomic mass is 10.4. The van der Waals surface area contributed by atoms with Gasteiger partial charge in [-0.05, 0) is 18.4 Å². The number of nitrogens with zero attached hydrogens (tertiary/aromatic N) is 2. The van der Waals surface area contributed by atoms with Crippen LogP contribution in [0.3, 0.4) is 0 Å². The number of thioether (sulfide) groups is 1. The van der Waals surface area contributed by atoms with Crippen molar-refractivity contribution in [3.63, 3.8) is 0 Å². The molecule has 1 rings (SSSR count). The van der Waals surface area contributed by atoms with Crippen molar-refractivity contribution in [2.45, 2.75) is 10.1 Å². The molecule has 90 valence electrons. The zero-order valence-corrected chi connectivity index (χ0v) is 11.1. The molecule has 4 nitrogen and oxygen atoms in total. The minimum atomic E-state index is -3.69. The topological polar surface area (TPSA) is 70.3 Å². The van der Waals surface area contributed by atoms with Crippen LogP contribution in [0.25, 0.3) is 0 Å². The minimum Gasteiger partial charge on any atom is -0.284 e. The van der Waals surface area contributed by atoms with E-state index in [1.807, 2.05) is 0 Å². The molecule has 17 heavy (non-hydrogen) atoms. The van der Waals surface area contributed by atoms with E-state index < -0.39 is 15.1 Å². The van der Waals surface area contributed by atoms with Crippen LogP contribution in [0.1, 0.15) is 0 Å². The summed E-state index contributed by atoms with van der Waals surface area (Å²) in [6, 6.07) is 9.74. The Balaban J connectivity index is 3.27. The molecule has 0 saturated heterocycles. The van der Waals surface area contributed by atoms with Gasteiger partial charge >= 0.3 is 0 Å². The highest BCUT2D eigenvalue weighted by molar-refractivity contribution is 8.15. The zero-order valence-electron chi connectivity index (χ0n) is 9.49. The summed E-state index contributed by atoms with van der Waals surface area (Å²) in [7, 11) is -2.20. The van der Waals surface area contributed by atoms with E-state index in [1.165, 1.54) is 30.9 Å². The predicted molar refractivity (Wildman–Crippen MR) is 69.9 cm³/mol. The van der Waals surface area contributed by atoms with Crippen molar-refractivity contribution in [3.05, 3.63) is 30.3 Å². The van der Waals surface area contributed by atoms with Gasteiger partial charge in [0.05, 0.1) is 16.0 Å². The van der Waals surface area contributed by atoms with Gasteiger partial charge in [-0.2, -0.15) is 5.26 Å². The highest BCUT2D eigenvalue weighted by Crippen LogP contribution is 2.20. The maximum Gasteiger partial charge on any atom is 0.200 e. The Morgan fingerprint density at radius 3 is 2.41 bits per heavy atom. The Bertz CT molecular complexity index is 545. The van der Waals surface area contributed by atoms with Gasteiger partial charge in [0.15, 0.2) is 5.25 Å². The summed E-state index contributed by atoms with van der Waals surface area (Å²) in [6.45, 7) is 0. The average Bonchev–Trinajstić information content (AvgIpc) is 2.36. The molecule has 0 aliphatic heterocycles. The van der Waals surface area contributed by atoms with Crippen LogP contribution in [-0.2, 0) is 9.84 Å². The SMILES string of the molecule is CN=C(SC)C(C#N)S(=O)(=O)c1ccccc1. The van der Waals surface area contributed by atoms with Gasteiger partial charge in [0.25, 0.3) is 0 Å². The monoisotopic (exact) mass is 268 g/mol. The molecular formula is C11H12N2O2S2. The first-order valence-electron chi connectivity index (χ1n) is 4.77. The predicted octanol–water partition coefficient (Wildman–Crippen LogP) is 1.74. The largest absolute Gasteiger partial charge is 0.284 e. The summed E-state index contributed by atoms with van der Waals surface area (Å²) in [6.07, 6.45) is 1.70. The first-order chi connectivity index (χ1) is 8.07. The molecule has 0 radical (unpaired) electrons. The number of sulfone groups is 1. The summed E-state index contributed by atoms with van der Waals surface area (Å²) < 4.78 is 24.4. The lowest BCUT2D eigenvalue weighted by Gasteiger charge is -2.11. The van der Waals surface area contributed by atoms with Crippen LogP contribution in [0.15, 0.2) is 40.2 Å². The first kappa shape index (κ1) is 13.7. The molecule has 0 aliphatic carbocycles. The van der Waals surface area contributed by atoms with Crippen LogP contribution in [-0.4, -0.2) is 32.0 Å². The number of hydrogen-bond acceptors (Lipinski definition) is 5. The molecule has 6 heteroatoms. The highest BCUT2D eigenvalue weighted by Gasteiger charge is 2.31. The van der Waals surface area contributed by atoms with Crippen molar-refractivity contribution in [2.75, 3.05) is 13.3 Å². The molecule has 0 N–H and O–H groups in total. The van der Waals surface area contributed by atoms with Crippen LogP contribution in [0.4, 0.5) is 0 Å². The van der Waals surface area contributed by atoms with Crippen molar-refractivity contribution in [2.24, 2.45) is 4.99 Å². The van der Waals surface area contributed by atoms with E-state index in [9.17, 15) is 8.42 Å². The maximum atomic E-state index is 12.2. The van der Waals surface area contributed by atoms with Crippen molar-refractivity contribution < 1.29 is 8.42 Å². The van der Waals surface area contributed by atoms with E-state index >= 15 is 0 Å². The lowest BCUT2D eigenvalue weighted by Crippen LogP contribution is -2.27. The Morgan fingerprint density at radius 2 is 2.00 bits per heavy atom. The van der Waals surface area contributed by atoms with Crippen molar-refractivity contribution >= 4 is 26.6 Å². The lowest BCUT2D eigenvalue weighted by molar-refractivity contribution is 0.596. The Labute approximate surface area is 105 Å². The number of aliphatic imine (C=N–C) groups is 1. The van der Waals surface area contributed by atoms with Crippen LogP contribution in [0, 0.1) is 11.3 Å². The number of benzene rings is 1. The minimum absolute atomic E-state index is 0.141. The molecule has 0 amide bonds. The fourth-order valence-corrected chi connectivity index (χ4v) is 3.76. The Kier molecular flexibility index (Phi) is 4.73. The van der Waals surface area contributed by atoms with Gasteiger partial charge in [-0.15, -0.1) is 11.8 Å². The maximum absolute atomic E-state index is 12.2. The summed E-state index contributed by atoms with van der Waals surface area (Å²) >= 11 is 1.17. The van der Waals surface area contributed by atoms with E-state index in [-0.39, 0.29) is 4.90 Å². The van der Waals surface area contributed by atoms with Crippen molar-refractivity contribution in [3.8, 4) is 6.07 Å². The zero-order chi connectivity index (χ0) is 12.9. The second-order valence-electron chi connectivity index (χ2n) is 3.13. The van der Waals surface area contributed by atoms with E-state index in [4.69, 9.17) is 5.26 Å².